The fourth-order valence-electron chi connectivity index (χ4n) is 3.04. The largest absolute Gasteiger partial charge is 0.385 e. The van der Waals surface area contributed by atoms with E-state index in [-0.39, 0.29) is 24.8 Å². The third kappa shape index (κ3) is 5.50. The third-order valence-corrected chi connectivity index (χ3v) is 4.52. The number of piperazine rings is 1. The number of nitrogens with one attached hydrogen (secondary N) is 1. The topological polar surface area (TPSA) is 79.0 Å². The molecule has 1 atom stereocenters. The van der Waals surface area contributed by atoms with Gasteiger partial charge in [-0.3, -0.25) is 14.4 Å². The normalized spacial score (nSPS) is 15.8. The third-order valence-electron chi connectivity index (χ3n) is 4.52. The monoisotopic (exact) mass is 379 g/mol. The number of hydrogen-bond acceptors (Lipinski definition) is 4. The standard InChI is InChI=1S/C19H26FN3O4/c1-3-16(17(24)21-9-4-12-27-2)23-11-10-22(18(25)19(23)26)13-14-5-7-15(20)8-6-14/h5-8,16H,3-4,9-13H2,1-2H3,(H,21,24). The van der Waals surface area contributed by atoms with Gasteiger partial charge in [0.05, 0.1) is 0 Å². The lowest BCUT2D eigenvalue weighted by Crippen LogP contribution is -2.60. The molecule has 3 amide bonds. The quantitative estimate of drug-likeness (QED) is 0.511. The Morgan fingerprint density at radius 3 is 2.56 bits per heavy atom. The Labute approximate surface area is 158 Å². The maximum Gasteiger partial charge on any atom is 0.312 e. The van der Waals surface area contributed by atoms with Gasteiger partial charge in [0, 0.05) is 39.9 Å². The van der Waals surface area contributed by atoms with Gasteiger partial charge in [-0.15, -0.1) is 0 Å². The van der Waals surface area contributed by atoms with Gasteiger partial charge in [-0.05, 0) is 30.5 Å². The molecule has 1 aliphatic heterocycles. The molecule has 0 aliphatic carbocycles. The molecule has 1 unspecified atom stereocenters. The molecular formula is C19H26FN3O4. The summed E-state index contributed by atoms with van der Waals surface area (Å²) >= 11 is 0. The van der Waals surface area contributed by atoms with E-state index in [0.717, 1.165) is 5.56 Å². The molecular weight excluding hydrogens is 353 g/mol. The molecule has 1 aromatic rings. The van der Waals surface area contributed by atoms with E-state index in [4.69, 9.17) is 4.74 Å². The number of hydrogen-bond donors (Lipinski definition) is 1. The maximum atomic E-state index is 13.0. The summed E-state index contributed by atoms with van der Waals surface area (Å²) in [6, 6.07) is 5.14. The van der Waals surface area contributed by atoms with Crippen LogP contribution in [0.3, 0.4) is 0 Å². The average Bonchev–Trinajstić information content (AvgIpc) is 2.66. The zero-order valence-electron chi connectivity index (χ0n) is 15.7. The van der Waals surface area contributed by atoms with Crippen molar-refractivity contribution < 1.29 is 23.5 Å². The maximum absolute atomic E-state index is 13.0. The molecule has 8 heteroatoms. The van der Waals surface area contributed by atoms with E-state index >= 15 is 0 Å². The summed E-state index contributed by atoms with van der Waals surface area (Å²) in [7, 11) is 1.59. The van der Waals surface area contributed by atoms with Crippen molar-refractivity contribution in [3.63, 3.8) is 0 Å². The van der Waals surface area contributed by atoms with Crippen molar-refractivity contribution in [1.82, 2.24) is 15.1 Å². The molecule has 0 spiro atoms. The van der Waals surface area contributed by atoms with Crippen LogP contribution in [0.4, 0.5) is 4.39 Å². The molecule has 1 aromatic carbocycles. The van der Waals surface area contributed by atoms with Crippen molar-refractivity contribution in [2.75, 3.05) is 33.4 Å². The molecule has 1 saturated heterocycles. The van der Waals surface area contributed by atoms with Crippen molar-refractivity contribution >= 4 is 17.7 Å². The first-order chi connectivity index (χ1) is 13.0. The number of carbonyl (C=O) groups is 3. The molecule has 2 rings (SSSR count). The highest BCUT2D eigenvalue weighted by Gasteiger charge is 2.38. The van der Waals surface area contributed by atoms with E-state index < -0.39 is 17.9 Å². The summed E-state index contributed by atoms with van der Waals surface area (Å²) in [5.41, 5.74) is 0.744. The lowest BCUT2D eigenvalue weighted by atomic mass is 10.1. The van der Waals surface area contributed by atoms with Gasteiger partial charge in [-0.2, -0.15) is 0 Å². The molecule has 0 aromatic heterocycles. The minimum absolute atomic E-state index is 0.235. The smallest absolute Gasteiger partial charge is 0.312 e. The number of amides is 3. The molecule has 148 valence electrons. The molecule has 7 nitrogen and oxygen atoms in total. The Morgan fingerprint density at radius 1 is 1.22 bits per heavy atom. The number of carbonyl (C=O) groups excluding carboxylic acids is 3. The van der Waals surface area contributed by atoms with Crippen LogP contribution in [0.5, 0.6) is 0 Å². The molecule has 27 heavy (non-hydrogen) atoms. The second kappa shape index (κ2) is 10.0. The number of benzene rings is 1. The predicted octanol–water partition coefficient (Wildman–Crippen LogP) is 0.928. The lowest BCUT2D eigenvalue weighted by molar-refractivity contribution is -0.159. The lowest BCUT2D eigenvalue weighted by Gasteiger charge is -2.37. The van der Waals surface area contributed by atoms with Crippen LogP contribution >= 0.6 is 0 Å². The summed E-state index contributed by atoms with van der Waals surface area (Å²) in [5.74, 6) is -1.94. The van der Waals surface area contributed by atoms with Gasteiger partial charge >= 0.3 is 11.8 Å². The summed E-state index contributed by atoms with van der Waals surface area (Å²) in [5, 5.41) is 2.78. The van der Waals surface area contributed by atoms with Gasteiger partial charge in [-0.25, -0.2) is 4.39 Å². The first-order valence-corrected chi connectivity index (χ1v) is 9.08. The van der Waals surface area contributed by atoms with E-state index in [1.165, 1.54) is 21.9 Å². The van der Waals surface area contributed by atoms with Crippen molar-refractivity contribution in [3.8, 4) is 0 Å². The first-order valence-electron chi connectivity index (χ1n) is 9.08. The van der Waals surface area contributed by atoms with Gasteiger partial charge in [-0.1, -0.05) is 19.1 Å². The van der Waals surface area contributed by atoms with Crippen molar-refractivity contribution in [3.05, 3.63) is 35.6 Å². The van der Waals surface area contributed by atoms with Crippen LogP contribution in [-0.2, 0) is 25.7 Å². The zero-order chi connectivity index (χ0) is 19.8. The molecule has 0 radical (unpaired) electrons. The van der Waals surface area contributed by atoms with E-state index in [2.05, 4.69) is 5.32 Å². The van der Waals surface area contributed by atoms with Crippen LogP contribution in [0.2, 0.25) is 0 Å². The number of nitrogens with zero attached hydrogens (tertiary/aromatic N) is 2. The van der Waals surface area contributed by atoms with Crippen LogP contribution in [-0.4, -0.2) is 66.9 Å². The Kier molecular flexibility index (Phi) is 7.72. The Bertz CT molecular complexity index is 665. The number of ether oxygens (including phenoxy) is 1. The van der Waals surface area contributed by atoms with E-state index in [0.29, 0.717) is 32.5 Å². The number of halogens is 1. The zero-order valence-corrected chi connectivity index (χ0v) is 15.7. The SMILES string of the molecule is CCC(C(=O)NCCCOC)N1CCN(Cc2ccc(F)cc2)C(=O)C1=O. The van der Waals surface area contributed by atoms with Crippen LogP contribution in [0.15, 0.2) is 24.3 Å². The molecule has 1 heterocycles. The van der Waals surface area contributed by atoms with E-state index in [9.17, 15) is 18.8 Å². The molecule has 0 saturated carbocycles. The van der Waals surface area contributed by atoms with Crippen molar-refractivity contribution in [2.24, 2.45) is 0 Å². The predicted molar refractivity (Wildman–Crippen MR) is 97.1 cm³/mol. The van der Waals surface area contributed by atoms with Crippen molar-refractivity contribution in [1.29, 1.82) is 0 Å². The van der Waals surface area contributed by atoms with E-state index in [1.807, 2.05) is 6.92 Å². The fourth-order valence-corrected chi connectivity index (χ4v) is 3.04. The van der Waals surface area contributed by atoms with Crippen LogP contribution in [0, 0.1) is 5.82 Å². The average molecular weight is 379 g/mol. The summed E-state index contributed by atoms with van der Waals surface area (Å²) in [6.07, 6.45) is 1.10. The first kappa shape index (κ1) is 20.8. The highest BCUT2D eigenvalue weighted by molar-refractivity contribution is 6.35. The van der Waals surface area contributed by atoms with Gasteiger partial charge in [0.2, 0.25) is 5.91 Å². The van der Waals surface area contributed by atoms with Gasteiger partial charge in [0.15, 0.2) is 0 Å². The summed E-state index contributed by atoms with van der Waals surface area (Å²) in [6.45, 7) is 3.65. The van der Waals surface area contributed by atoms with E-state index in [1.54, 1.807) is 19.2 Å². The molecule has 1 N–H and O–H groups in total. The van der Waals surface area contributed by atoms with Crippen molar-refractivity contribution in [2.45, 2.75) is 32.4 Å². The highest BCUT2D eigenvalue weighted by atomic mass is 19.1. The van der Waals surface area contributed by atoms with Crippen LogP contribution < -0.4 is 5.32 Å². The Morgan fingerprint density at radius 2 is 1.93 bits per heavy atom. The summed E-state index contributed by atoms with van der Waals surface area (Å²) in [4.78, 5) is 40.2. The molecule has 0 bridgehead atoms. The van der Waals surface area contributed by atoms with Crippen LogP contribution in [0.25, 0.3) is 0 Å². The second-order valence-electron chi connectivity index (χ2n) is 6.41. The molecule has 1 aliphatic rings. The van der Waals surface area contributed by atoms with Gasteiger partial charge < -0.3 is 19.9 Å². The van der Waals surface area contributed by atoms with Gasteiger partial charge in [0.1, 0.15) is 11.9 Å². The minimum atomic E-state index is -0.678. The second-order valence-corrected chi connectivity index (χ2v) is 6.41. The van der Waals surface area contributed by atoms with Crippen LogP contribution in [0.1, 0.15) is 25.3 Å². The minimum Gasteiger partial charge on any atom is -0.385 e. The Hall–Kier alpha value is -2.48. The summed E-state index contributed by atoms with van der Waals surface area (Å²) < 4.78 is 17.9. The number of rotatable bonds is 9. The molecule has 1 fully saturated rings. The highest BCUT2D eigenvalue weighted by Crippen LogP contribution is 2.15. The number of methoxy groups -OCH3 is 1. The fraction of sp³-hybridized carbons (Fsp3) is 0.526. The van der Waals surface area contributed by atoms with Gasteiger partial charge in [0.25, 0.3) is 0 Å². The Balaban J connectivity index is 1.96.